The fraction of sp³-hybridized carbons (Fsp3) is 0.312. The quantitative estimate of drug-likeness (QED) is 0.586. The van der Waals surface area contributed by atoms with Gasteiger partial charge in [-0.05, 0) is 30.2 Å². The first-order valence-electron chi connectivity index (χ1n) is 7.24. The molecule has 0 saturated carbocycles. The fourth-order valence-electron chi connectivity index (χ4n) is 2.03. The van der Waals surface area contributed by atoms with Crippen LogP contribution in [0.4, 0.5) is 0 Å². The number of aliphatic carboxylic acids is 1. The third-order valence-corrected chi connectivity index (χ3v) is 4.49. The van der Waals surface area contributed by atoms with Crippen LogP contribution in [0.1, 0.15) is 18.9 Å². The number of benzene rings is 1. The number of carbonyl (C=O) groups is 2. The Morgan fingerprint density at radius 2 is 2.17 bits per heavy atom. The Morgan fingerprint density at radius 1 is 1.42 bits per heavy atom. The molecule has 2 rings (SSSR count). The van der Waals surface area contributed by atoms with Crippen LogP contribution in [0.15, 0.2) is 23.1 Å². The van der Waals surface area contributed by atoms with Gasteiger partial charge in [-0.2, -0.15) is 0 Å². The van der Waals surface area contributed by atoms with Gasteiger partial charge < -0.3 is 14.6 Å². The smallest absolute Gasteiger partial charge is 0.323 e. The molecule has 0 unspecified atom stereocenters. The molecule has 0 radical (unpaired) electrons. The highest BCUT2D eigenvalue weighted by molar-refractivity contribution is 8.26. The maximum atomic E-state index is 12.2. The monoisotopic (exact) mass is 367 g/mol. The van der Waals surface area contributed by atoms with Crippen molar-refractivity contribution in [3.63, 3.8) is 0 Å². The second-order valence-corrected chi connectivity index (χ2v) is 6.60. The number of carbonyl (C=O) groups excluding carboxylic acids is 1. The summed E-state index contributed by atoms with van der Waals surface area (Å²) in [5.74, 6) is -0.308. The third kappa shape index (κ3) is 4.27. The first kappa shape index (κ1) is 18.3. The standard InChI is InChI=1S/C16H17NO5S2/c1-3-6-22-11-5-4-10(7-12(11)21-2)8-13-15(20)17(9-14(18)19)16(23)24-13/h4-5,7-8H,3,6,9H2,1-2H3,(H,18,19)/b13-8+. The highest BCUT2D eigenvalue weighted by atomic mass is 32.2. The first-order chi connectivity index (χ1) is 11.5. The lowest BCUT2D eigenvalue weighted by Gasteiger charge is -2.11. The van der Waals surface area contributed by atoms with Gasteiger partial charge >= 0.3 is 5.97 Å². The molecule has 8 heteroatoms. The number of carboxylic acids is 1. The van der Waals surface area contributed by atoms with E-state index in [4.69, 9.17) is 26.8 Å². The Kier molecular flexibility index (Phi) is 6.22. The van der Waals surface area contributed by atoms with E-state index in [-0.39, 0.29) is 4.32 Å². The van der Waals surface area contributed by atoms with E-state index in [1.165, 1.54) is 0 Å². The zero-order valence-electron chi connectivity index (χ0n) is 13.3. The first-order valence-corrected chi connectivity index (χ1v) is 8.46. The van der Waals surface area contributed by atoms with Crippen LogP contribution >= 0.6 is 24.0 Å². The molecule has 0 spiro atoms. The highest BCUT2D eigenvalue weighted by Gasteiger charge is 2.33. The van der Waals surface area contributed by atoms with E-state index in [9.17, 15) is 9.59 Å². The minimum absolute atomic E-state index is 0.239. The summed E-state index contributed by atoms with van der Waals surface area (Å²) < 4.78 is 11.1. The fourth-order valence-corrected chi connectivity index (χ4v) is 3.28. The predicted molar refractivity (Wildman–Crippen MR) is 96.3 cm³/mol. The van der Waals surface area contributed by atoms with Gasteiger partial charge in [-0.3, -0.25) is 14.5 Å². The molecule has 1 heterocycles. The van der Waals surface area contributed by atoms with Crippen molar-refractivity contribution in [2.24, 2.45) is 0 Å². The van der Waals surface area contributed by atoms with Crippen molar-refractivity contribution in [1.29, 1.82) is 0 Å². The van der Waals surface area contributed by atoms with Gasteiger partial charge in [0.05, 0.1) is 18.6 Å². The molecule has 1 aliphatic heterocycles. The Morgan fingerprint density at radius 3 is 2.79 bits per heavy atom. The molecule has 6 nitrogen and oxygen atoms in total. The van der Waals surface area contributed by atoms with Gasteiger partial charge in [-0.1, -0.05) is 37.0 Å². The molecular formula is C16H17NO5S2. The van der Waals surface area contributed by atoms with Crippen molar-refractivity contribution in [2.45, 2.75) is 13.3 Å². The summed E-state index contributed by atoms with van der Waals surface area (Å²) in [4.78, 5) is 24.5. The predicted octanol–water partition coefficient (Wildman–Crippen LogP) is 2.77. The van der Waals surface area contributed by atoms with Gasteiger partial charge in [-0.25, -0.2) is 0 Å². The minimum Gasteiger partial charge on any atom is -0.493 e. The minimum atomic E-state index is -1.10. The van der Waals surface area contributed by atoms with E-state index in [0.717, 1.165) is 28.6 Å². The Balaban J connectivity index is 2.23. The second kappa shape index (κ2) is 8.16. The third-order valence-electron chi connectivity index (χ3n) is 3.11. The molecule has 1 aromatic rings. The van der Waals surface area contributed by atoms with Crippen LogP contribution in [0.5, 0.6) is 11.5 Å². The summed E-state index contributed by atoms with van der Waals surface area (Å²) in [5.41, 5.74) is 0.742. The molecule has 1 saturated heterocycles. The van der Waals surface area contributed by atoms with E-state index < -0.39 is 18.4 Å². The zero-order chi connectivity index (χ0) is 17.7. The van der Waals surface area contributed by atoms with E-state index in [0.29, 0.717) is 23.0 Å². The van der Waals surface area contributed by atoms with E-state index in [2.05, 4.69) is 0 Å². The number of thiocarbonyl (C=S) groups is 1. The number of ether oxygens (including phenoxy) is 2. The van der Waals surface area contributed by atoms with Gasteiger partial charge in [0.25, 0.3) is 5.91 Å². The van der Waals surface area contributed by atoms with Crippen molar-refractivity contribution in [3.8, 4) is 11.5 Å². The van der Waals surface area contributed by atoms with Gasteiger partial charge in [0.1, 0.15) is 10.9 Å². The molecular weight excluding hydrogens is 350 g/mol. The number of carboxylic acid groups (broad SMARTS) is 1. The van der Waals surface area contributed by atoms with Crippen molar-refractivity contribution >= 4 is 46.3 Å². The van der Waals surface area contributed by atoms with Crippen molar-refractivity contribution in [2.75, 3.05) is 20.3 Å². The summed E-state index contributed by atoms with van der Waals surface area (Å²) >= 11 is 6.15. The van der Waals surface area contributed by atoms with Crippen LogP contribution in [0, 0.1) is 0 Å². The Labute approximate surface area is 149 Å². The Bertz CT molecular complexity index is 702. The summed E-state index contributed by atoms with van der Waals surface area (Å²) in [6, 6.07) is 5.34. The lowest BCUT2D eigenvalue weighted by molar-refractivity contribution is -0.140. The summed E-state index contributed by atoms with van der Waals surface area (Å²) in [6.45, 7) is 2.17. The zero-order valence-corrected chi connectivity index (χ0v) is 14.9. The Hall–Kier alpha value is -2.06. The molecule has 0 aromatic heterocycles. The van der Waals surface area contributed by atoms with Gasteiger partial charge in [-0.15, -0.1) is 0 Å². The summed E-state index contributed by atoms with van der Waals surface area (Å²) in [5, 5.41) is 8.84. The van der Waals surface area contributed by atoms with Gasteiger partial charge in [0.2, 0.25) is 0 Å². The summed E-state index contributed by atoms with van der Waals surface area (Å²) in [7, 11) is 1.55. The lowest BCUT2D eigenvalue weighted by atomic mass is 10.2. The number of amides is 1. The molecule has 1 aliphatic rings. The number of nitrogens with zero attached hydrogens (tertiary/aromatic N) is 1. The number of methoxy groups -OCH3 is 1. The average molecular weight is 367 g/mol. The molecule has 1 aromatic carbocycles. The van der Waals surface area contributed by atoms with Crippen LogP contribution in [0.2, 0.25) is 0 Å². The largest absolute Gasteiger partial charge is 0.493 e. The highest BCUT2D eigenvalue weighted by Crippen LogP contribution is 2.34. The molecule has 24 heavy (non-hydrogen) atoms. The molecule has 1 amide bonds. The number of hydrogen-bond donors (Lipinski definition) is 1. The van der Waals surface area contributed by atoms with Crippen LogP contribution in [0.25, 0.3) is 6.08 Å². The maximum Gasteiger partial charge on any atom is 0.323 e. The molecule has 0 aliphatic carbocycles. The van der Waals surface area contributed by atoms with Crippen LogP contribution in [-0.2, 0) is 9.59 Å². The number of hydrogen-bond acceptors (Lipinski definition) is 6. The van der Waals surface area contributed by atoms with Crippen molar-refractivity contribution in [3.05, 3.63) is 28.7 Å². The van der Waals surface area contributed by atoms with Crippen molar-refractivity contribution in [1.82, 2.24) is 4.90 Å². The number of thioether (sulfide) groups is 1. The normalized spacial score (nSPS) is 15.9. The van der Waals surface area contributed by atoms with Crippen LogP contribution in [-0.4, -0.2) is 46.5 Å². The lowest BCUT2D eigenvalue weighted by Crippen LogP contribution is -2.33. The molecule has 128 valence electrons. The topological polar surface area (TPSA) is 76.1 Å². The average Bonchev–Trinajstić information content (AvgIpc) is 2.80. The number of rotatable bonds is 7. The van der Waals surface area contributed by atoms with Crippen molar-refractivity contribution < 1.29 is 24.2 Å². The molecule has 0 bridgehead atoms. The van der Waals surface area contributed by atoms with E-state index in [1.807, 2.05) is 6.92 Å². The SMILES string of the molecule is CCCOc1ccc(/C=C2/SC(=S)N(CC(=O)O)C2=O)cc1OC. The maximum absolute atomic E-state index is 12.2. The van der Waals surface area contributed by atoms with E-state index >= 15 is 0 Å². The van der Waals surface area contributed by atoms with Gasteiger partial charge in [0, 0.05) is 0 Å². The van der Waals surface area contributed by atoms with Crippen LogP contribution in [0.3, 0.4) is 0 Å². The molecule has 1 fully saturated rings. The summed E-state index contributed by atoms with van der Waals surface area (Å²) in [6.07, 6.45) is 2.55. The van der Waals surface area contributed by atoms with E-state index in [1.54, 1.807) is 31.4 Å². The van der Waals surface area contributed by atoms with Crippen LogP contribution < -0.4 is 9.47 Å². The second-order valence-electron chi connectivity index (χ2n) is 4.92. The van der Waals surface area contributed by atoms with Gasteiger partial charge in [0.15, 0.2) is 11.5 Å². The molecule has 0 atom stereocenters. The molecule has 1 N–H and O–H groups in total.